The fourth-order valence-electron chi connectivity index (χ4n) is 3.15. The van der Waals surface area contributed by atoms with Crippen molar-refractivity contribution in [1.82, 2.24) is 19.4 Å². The van der Waals surface area contributed by atoms with E-state index in [4.69, 9.17) is 5.73 Å². The molecule has 0 aliphatic heterocycles. The van der Waals surface area contributed by atoms with Crippen molar-refractivity contribution in [2.24, 2.45) is 5.92 Å². The highest BCUT2D eigenvalue weighted by Crippen LogP contribution is 2.08. The third-order valence-electron chi connectivity index (χ3n) is 4.97. The fourth-order valence-corrected chi connectivity index (χ4v) is 3.15. The van der Waals surface area contributed by atoms with E-state index in [-0.39, 0.29) is 24.3 Å². The van der Waals surface area contributed by atoms with E-state index in [9.17, 15) is 14.4 Å². The predicted molar refractivity (Wildman–Crippen MR) is 113 cm³/mol. The van der Waals surface area contributed by atoms with Gasteiger partial charge in [0.2, 0.25) is 5.91 Å². The number of carbonyl (C=O) groups excluding carboxylic acids is 1. The molecule has 1 atom stereocenters. The minimum atomic E-state index is -0.552. The highest BCUT2D eigenvalue weighted by atomic mass is 16.2. The summed E-state index contributed by atoms with van der Waals surface area (Å²) in [6, 6.07) is 1.21. The Bertz CT molecular complexity index is 734. The van der Waals surface area contributed by atoms with Gasteiger partial charge in [-0.05, 0) is 32.4 Å². The molecular weight excluding hydrogens is 358 g/mol. The lowest BCUT2D eigenvalue weighted by Crippen LogP contribution is -2.46. The Morgan fingerprint density at radius 2 is 1.79 bits per heavy atom. The number of nitrogens with zero attached hydrogens (tertiary/aromatic N) is 3. The molecule has 0 unspecified atom stereocenters. The molecule has 1 aromatic rings. The molecule has 3 N–H and O–H groups in total. The molecule has 160 valence electrons. The molecule has 1 heterocycles. The second-order valence-corrected chi connectivity index (χ2v) is 7.75. The van der Waals surface area contributed by atoms with Crippen LogP contribution in [0.3, 0.4) is 0 Å². The zero-order chi connectivity index (χ0) is 21.3. The van der Waals surface area contributed by atoms with Crippen molar-refractivity contribution >= 4 is 11.7 Å². The number of hydrogen-bond acceptors (Lipinski definition) is 5. The van der Waals surface area contributed by atoms with Crippen LogP contribution in [0.2, 0.25) is 0 Å². The zero-order valence-electron chi connectivity index (χ0n) is 18.0. The Morgan fingerprint density at radius 3 is 2.36 bits per heavy atom. The Morgan fingerprint density at radius 1 is 1.14 bits per heavy atom. The lowest BCUT2D eigenvalue weighted by atomic mass is 10.0. The second-order valence-electron chi connectivity index (χ2n) is 7.75. The number of hydrogen-bond donors (Lipinski definition) is 2. The molecule has 1 aromatic heterocycles. The number of aromatic nitrogens is 2. The van der Waals surface area contributed by atoms with Crippen LogP contribution in [-0.4, -0.2) is 45.6 Å². The normalized spacial score (nSPS) is 12.5. The molecule has 1 amide bonds. The maximum Gasteiger partial charge on any atom is 0.333 e. The van der Waals surface area contributed by atoms with Gasteiger partial charge in [-0.1, -0.05) is 40.5 Å². The molecule has 8 heteroatoms. The lowest BCUT2D eigenvalue weighted by Gasteiger charge is -2.20. The minimum absolute atomic E-state index is 0.000579. The number of nitrogens with one attached hydrogen (secondary N) is 1. The molecule has 1 rings (SSSR count). The van der Waals surface area contributed by atoms with Gasteiger partial charge in [-0.3, -0.25) is 18.7 Å². The fraction of sp³-hybridized carbons (Fsp3) is 0.750. The smallest absolute Gasteiger partial charge is 0.333 e. The van der Waals surface area contributed by atoms with Crippen LogP contribution in [-0.2, 0) is 17.9 Å². The molecule has 8 nitrogen and oxygen atoms in total. The van der Waals surface area contributed by atoms with Crippen molar-refractivity contribution in [2.75, 3.05) is 25.4 Å². The average Bonchev–Trinajstić information content (AvgIpc) is 2.61. The molecule has 28 heavy (non-hydrogen) atoms. The molecule has 0 aliphatic rings. The number of anilines is 1. The summed E-state index contributed by atoms with van der Waals surface area (Å²) >= 11 is 0. The number of likely N-dealkylation sites (N-methyl/N-ethyl adjacent to an activating group) is 1. The van der Waals surface area contributed by atoms with Crippen LogP contribution in [0.4, 0.5) is 5.82 Å². The van der Waals surface area contributed by atoms with Crippen LogP contribution in [0.1, 0.15) is 53.9 Å². The van der Waals surface area contributed by atoms with E-state index in [2.05, 4.69) is 24.1 Å². The van der Waals surface area contributed by atoms with E-state index in [0.717, 1.165) is 36.9 Å². The maximum atomic E-state index is 12.7. The van der Waals surface area contributed by atoms with Gasteiger partial charge in [0.1, 0.15) is 12.4 Å². The van der Waals surface area contributed by atoms with Crippen LogP contribution in [0, 0.1) is 5.92 Å². The number of rotatable bonds is 12. The van der Waals surface area contributed by atoms with Crippen molar-refractivity contribution < 1.29 is 4.79 Å². The van der Waals surface area contributed by atoms with Crippen LogP contribution >= 0.6 is 0 Å². The van der Waals surface area contributed by atoms with Gasteiger partial charge in [0.15, 0.2) is 0 Å². The van der Waals surface area contributed by atoms with Gasteiger partial charge in [0.25, 0.3) is 5.56 Å². The standard InChI is InChI=1S/C20H37N5O3/c1-6-23(7-2)11-12-24-17(21)13-19(27)25(20(24)28)14-18(26)22-16(5)10-8-9-15(3)4/h13,15-16H,6-12,14,21H2,1-5H3,(H,22,26)/t16-/m0/s1. The second kappa shape index (κ2) is 11.7. The first kappa shape index (κ1) is 23.9. The number of nitrogen functional groups attached to an aromatic ring is 1. The summed E-state index contributed by atoms with van der Waals surface area (Å²) in [5, 5.41) is 2.87. The Labute approximate surface area is 167 Å². The van der Waals surface area contributed by atoms with E-state index in [1.807, 2.05) is 20.8 Å². The average molecular weight is 396 g/mol. The first-order valence-corrected chi connectivity index (χ1v) is 10.3. The van der Waals surface area contributed by atoms with E-state index in [0.29, 0.717) is 19.0 Å². The Balaban J connectivity index is 2.82. The van der Waals surface area contributed by atoms with Crippen LogP contribution in [0.25, 0.3) is 0 Å². The first-order valence-electron chi connectivity index (χ1n) is 10.3. The quantitative estimate of drug-likeness (QED) is 0.555. The van der Waals surface area contributed by atoms with Gasteiger partial charge in [0.05, 0.1) is 0 Å². The summed E-state index contributed by atoms with van der Waals surface area (Å²) in [6.45, 7) is 12.8. The van der Waals surface area contributed by atoms with E-state index in [1.165, 1.54) is 10.6 Å². The molecule has 0 radical (unpaired) electrons. The van der Waals surface area contributed by atoms with Gasteiger partial charge in [0, 0.05) is 25.2 Å². The van der Waals surface area contributed by atoms with Crippen molar-refractivity contribution in [3.05, 3.63) is 26.9 Å². The highest BCUT2D eigenvalue weighted by molar-refractivity contribution is 5.76. The predicted octanol–water partition coefficient (Wildman–Crippen LogP) is 1.27. The van der Waals surface area contributed by atoms with E-state index in [1.54, 1.807) is 0 Å². The summed E-state index contributed by atoms with van der Waals surface area (Å²) < 4.78 is 2.31. The number of amides is 1. The Kier molecular flexibility index (Phi) is 9.99. The molecule has 0 aromatic carbocycles. The topological polar surface area (TPSA) is 102 Å². The monoisotopic (exact) mass is 395 g/mol. The maximum absolute atomic E-state index is 12.7. The molecule has 0 fully saturated rings. The van der Waals surface area contributed by atoms with Crippen molar-refractivity contribution in [2.45, 2.75) is 73.0 Å². The molecule has 0 aliphatic carbocycles. The largest absolute Gasteiger partial charge is 0.385 e. The third-order valence-corrected chi connectivity index (χ3v) is 4.97. The van der Waals surface area contributed by atoms with Gasteiger partial charge >= 0.3 is 5.69 Å². The first-order chi connectivity index (χ1) is 13.2. The van der Waals surface area contributed by atoms with Gasteiger partial charge in [-0.2, -0.15) is 0 Å². The summed E-state index contributed by atoms with van der Waals surface area (Å²) in [7, 11) is 0. The minimum Gasteiger partial charge on any atom is -0.385 e. The highest BCUT2D eigenvalue weighted by Gasteiger charge is 2.15. The number of carbonyl (C=O) groups is 1. The summed E-state index contributed by atoms with van der Waals surface area (Å²) in [6.07, 6.45) is 3.00. The summed E-state index contributed by atoms with van der Waals surface area (Å²) in [5.74, 6) is 0.420. The Hall–Kier alpha value is -2.09. The van der Waals surface area contributed by atoms with Crippen LogP contribution in [0.5, 0.6) is 0 Å². The molecule has 0 saturated heterocycles. The molecule has 0 saturated carbocycles. The lowest BCUT2D eigenvalue weighted by molar-refractivity contribution is -0.122. The number of nitrogens with two attached hydrogens (primary N) is 1. The molecular formula is C20H37N5O3. The van der Waals surface area contributed by atoms with Crippen molar-refractivity contribution in [1.29, 1.82) is 0 Å². The van der Waals surface area contributed by atoms with Crippen molar-refractivity contribution in [3.8, 4) is 0 Å². The third kappa shape index (κ3) is 7.50. The van der Waals surface area contributed by atoms with Gasteiger partial charge in [-0.15, -0.1) is 0 Å². The van der Waals surface area contributed by atoms with E-state index >= 15 is 0 Å². The van der Waals surface area contributed by atoms with Crippen LogP contribution in [0.15, 0.2) is 15.7 Å². The van der Waals surface area contributed by atoms with Gasteiger partial charge < -0.3 is 16.0 Å². The van der Waals surface area contributed by atoms with Gasteiger partial charge in [-0.25, -0.2) is 4.79 Å². The van der Waals surface area contributed by atoms with E-state index < -0.39 is 11.2 Å². The summed E-state index contributed by atoms with van der Waals surface area (Å²) in [5.41, 5.74) is 4.79. The molecule has 0 bridgehead atoms. The zero-order valence-corrected chi connectivity index (χ0v) is 18.0. The van der Waals surface area contributed by atoms with Crippen LogP contribution < -0.4 is 22.3 Å². The SMILES string of the molecule is CCN(CC)CCn1c(N)cc(=O)n(CC(=O)N[C@@H](C)CCCC(C)C)c1=O. The van der Waals surface area contributed by atoms with Crippen molar-refractivity contribution in [3.63, 3.8) is 0 Å². The molecule has 0 spiro atoms. The summed E-state index contributed by atoms with van der Waals surface area (Å²) in [4.78, 5) is 39.4.